The van der Waals surface area contributed by atoms with E-state index in [0.29, 0.717) is 24.0 Å². The molecule has 1 N–H and O–H groups in total. The van der Waals surface area contributed by atoms with Gasteiger partial charge in [0.15, 0.2) is 5.96 Å². The average molecular weight is 492 g/mol. The molecule has 1 aromatic carbocycles. The standard InChI is InChI=1S/C17H22BrN3O.HI/c1-19-17(20-8-11-2-4-12(18)5-3-11)21-9-13-14(10-21)16-7-6-15(13)22-16;/h2-5,13-16H,6-10H2,1H3,(H,19,20);1H. The van der Waals surface area contributed by atoms with Crippen LogP contribution < -0.4 is 5.32 Å². The van der Waals surface area contributed by atoms with E-state index < -0.39 is 0 Å². The molecule has 3 saturated heterocycles. The zero-order valence-electron chi connectivity index (χ0n) is 13.2. The van der Waals surface area contributed by atoms with Gasteiger partial charge in [-0.1, -0.05) is 28.1 Å². The summed E-state index contributed by atoms with van der Waals surface area (Å²) in [4.78, 5) is 6.90. The number of aliphatic imine (C=N–C) groups is 1. The number of nitrogens with one attached hydrogen (secondary N) is 1. The van der Waals surface area contributed by atoms with Crippen LogP contribution in [0.25, 0.3) is 0 Å². The van der Waals surface area contributed by atoms with Crippen molar-refractivity contribution in [2.24, 2.45) is 16.8 Å². The van der Waals surface area contributed by atoms with Gasteiger partial charge in [-0.25, -0.2) is 0 Å². The van der Waals surface area contributed by atoms with E-state index in [1.165, 1.54) is 18.4 Å². The number of ether oxygens (including phenoxy) is 1. The third kappa shape index (κ3) is 3.39. The molecule has 23 heavy (non-hydrogen) atoms. The Hall–Kier alpha value is -0.340. The van der Waals surface area contributed by atoms with Gasteiger partial charge < -0.3 is 15.0 Å². The fourth-order valence-corrected chi connectivity index (χ4v) is 4.51. The van der Waals surface area contributed by atoms with Gasteiger partial charge in [-0.2, -0.15) is 0 Å². The Morgan fingerprint density at radius 3 is 2.39 bits per heavy atom. The van der Waals surface area contributed by atoms with Crippen molar-refractivity contribution >= 4 is 45.9 Å². The number of hydrogen-bond acceptors (Lipinski definition) is 2. The predicted octanol–water partition coefficient (Wildman–Crippen LogP) is 3.25. The fraction of sp³-hybridized carbons (Fsp3) is 0.588. The minimum Gasteiger partial charge on any atom is -0.374 e. The van der Waals surface area contributed by atoms with Crippen LogP contribution in [0.4, 0.5) is 0 Å². The number of likely N-dealkylation sites (tertiary alicyclic amines) is 1. The molecule has 0 aliphatic carbocycles. The van der Waals surface area contributed by atoms with Crippen molar-refractivity contribution < 1.29 is 4.74 Å². The number of hydrogen-bond donors (Lipinski definition) is 1. The molecule has 0 amide bonds. The first kappa shape index (κ1) is 17.5. The number of rotatable bonds is 2. The summed E-state index contributed by atoms with van der Waals surface area (Å²) in [6, 6.07) is 8.43. The average Bonchev–Trinajstić information content (AvgIpc) is 3.22. The van der Waals surface area contributed by atoms with E-state index in [1.807, 2.05) is 7.05 Å². The van der Waals surface area contributed by atoms with Crippen LogP contribution in [0.5, 0.6) is 0 Å². The molecule has 0 radical (unpaired) electrons. The van der Waals surface area contributed by atoms with E-state index in [1.54, 1.807) is 0 Å². The molecular formula is C17H23BrIN3O. The van der Waals surface area contributed by atoms with Gasteiger partial charge in [-0.3, -0.25) is 4.99 Å². The van der Waals surface area contributed by atoms with Gasteiger partial charge in [-0.05, 0) is 30.5 Å². The highest BCUT2D eigenvalue weighted by Gasteiger charge is 2.53. The van der Waals surface area contributed by atoms with Crippen LogP contribution in [0.3, 0.4) is 0 Å². The molecule has 3 aliphatic heterocycles. The molecule has 4 rings (SSSR count). The molecule has 6 heteroatoms. The second-order valence-electron chi connectivity index (χ2n) is 6.55. The highest BCUT2D eigenvalue weighted by molar-refractivity contribution is 14.0. The smallest absolute Gasteiger partial charge is 0.193 e. The molecule has 3 fully saturated rings. The Labute approximate surface area is 163 Å². The van der Waals surface area contributed by atoms with Gasteiger partial charge in [0.25, 0.3) is 0 Å². The molecule has 4 nitrogen and oxygen atoms in total. The number of guanidine groups is 1. The van der Waals surface area contributed by atoms with Crippen LogP contribution in [-0.2, 0) is 11.3 Å². The van der Waals surface area contributed by atoms with Crippen LogP contribution in [-0.4, -0.2) is 43.2 Å². The molecule has 4 unspecified atom stereocenters. The molecule has 0 spiro atoms. The zero-order valence-corrected chi connectivity index (χ0v) is 17.2. The third-order valence-corrected chi connectivity index (χ3v) is 5.86. The first-order valence-electron chi connectivity index (χ1n) is 8.10. The molecular weight excluding hydrogens is 469 g/mol. The van der Waals surface area contributed by atoms with Gasteiger partial charge >= 0.3 is 0 Å². The second kappa shape index (κ2) is 7.27. The van der Waals surface area contributed by atoms with Crippen molar-refractivity contribution in [3.8, 4) is 0 Å². The summed E-state index contributed by atoms with van der Waals surface area (Å²) in [6.07, 6.45) is 3.52. The summed E-state index contributed by atoms with van der Waals surface area (Å²) in [7, 11) is 1.88. The van der Waals surface area contributed by atoms with Crippen molar-refractivity contribution in [3.63, 3.8) is 0 Å². The highest BCUT2D eigenvalue weighted by atomic mass is 127. The van der Waals surface area contributed by atoms with Crippen LogP contribution >= 0.6 is 39.9 Å². The minimum absolute atomic E-state index is 0. The Morgan fingerprint density at radius 2 is 1.83 bits per heavy atom. The summed E-state index contributed by atoms with van der Waals surface area (Å²) >= 11 is 3.47. The number of fused-ring (bicyclic) bond motifs is 5. The van der Waals surface area contributed by atoms with Crippen LogP contribution in [0.2, 0.25) is 0 Å². The topological polar surface area (TPSA) is 36.9 Å². The van der Waals surface area contributed by atoms with Gasteiger partial charge in [0.05, 0.1) is 12.2 Å². The molecule has 3 heterocycles. The summed E-state index contributed by atoms with van der Waals surface area (Å²) < 4.78 is 7.16. The molecule has 1 aromatic rings. The third-order valence-electron chi connectivity index (χ3n) is 5.33. The molecule has 2 bridgehead atoms. The van der Waals surface area contributed by atoms with E-state index in [2.05, 4.69) is 55.4 Å². The largest absolute Gasteiger partial charge is 0.374 e. The number of halogens is 2. The van der Waals surface area contributed by atoms with E-state index in [-0.39, 0.29) is 24.0 Å². The summed E-state index contributed by atoms with van der Waals surface area (Å²) in [5.74, 6) is 2.45. The minimum atomic E-state index is 0. The summed E-state index contributed by atoms with van der Waals surface area (Å²) in [5, 5.41) is 3.51. The second-order valence-corrected chi connectivity index (χ2v) is 7.47. The van der Waals surface area contributed by atoms with Crippen molar-refractivity contribution in [1.29, 1.82) is 0 Å². The lowest BCUT2D eigenvalue weighted by Crippen LogP contribution is -2.40. The van der Waals surface area contributed by atoms with Gasteiger partial charge in [0.2, 0.25) is 0 Å². The van der Waals surface area contributed by atoms with Gasteiger partial charge in [0, 0.05) is 43.0 Å². The molecule has 126 valence electrons. The lowest BCUT2D eigenvalue weighted by Gasteiger charge is -2.23. The molecule has 0 saturated carbocycles. The number of nitrogens with zero attached hydrogens (tertiary/aromatic N) is 2. The lowest BCUT2D eigenvalue weighted by molar-refractivity contribution is 0.0767. The van der Waals surface area contributed by atoms with Crippen LogP contribution in [0.1, 0.15) is 18.4 Å². The highest BCUT2D eigenvalue weighted by Crippen LogP contribution is 2.47. The van der Waals surface area contributed by atoms with Crippen LogP contribution in [0, 0.1) is 11.8 Å². The maximum atomic E-state index is 6.05. The molecule has 3 aliphatic rings. The van der Waals surface area contributed by atoms with Gasteiger partial charge in [0.1, 0.15) is 0 Å². The zero-order chi connectivity index (χ0) is 15.1. The van der Waals surface area contributed by atoms with E-state index in [9.17, 15) is 0 Å². The van der Waals surface area contributed by atoms with Crippen molar-refractivity contribution in [2.75, 3.05) is 20.1 Å². The van der Waals surface area contributed by atoms with Crippen molar-refractivity contribution in [1.82, 2.24) is 10.2 Å². The normalized spacial score (nSPS) is 31.9. The molecule has 4 atom stereocenters. The predicted molar refractivity (Wildman–Crippen MR) is 106 cm³/mol. The fourth-order valence-electron chi connectivity index (χ4n) is 4.25. The maximum Gasteiger partial charge on any atom is 0.193 e. The Balaban J connectivity index is 0.00000156. The lowest BCUT2D eigenvalue weighted by atomic mass is 9.82. The maximum absolute atomic E-state index is 6.05. The summed E-state index contributed by atoms with van der Waals surface area (Å²) in [5.41, 5.74) is 1.27. The van der Waals surface area contributed by atoms with Crippen molar-refractivity contribution in [2.45, 2.75) is 31.6 Å². The van der Waals surface area contributed by atoms with Crippen LogP contribution in [0.15, 0.2) is 33.7 Å². The van der Waals surface area contributed by atoms with E-state index in [4.69, 9.17) is 4.74 Å². The Bertz CT molecular complexity index is 562. The Kier molecular flexibility index (Phi) is 5.53. The monoisotopic (exact) mass is 491 g/mol. The van der Waals surface area contributed by atoms with Crippen molar-refractivity contribution in [3.05, 3.63) is 34.3 Å². The first-order valence-corrected chi connectivity index (χ1v) is 8.89. The first-order chi connectivity index (χ1) is 10.7. The number of benzene rings is 1. The van der Waals surface area contributed by atoms with E-state index in [0.717, 1.165) is 30.1 Å². The van der Waals surface area contributed by atoms with E-state index >= 15 is 0 Å². The quantitative estimate of drug-likeness (QED) is 0.392. The summed E-state index contributed by atoms with van der Waals surface area (Å²) in [6.45, 7) is 2.99. The van der Waals surface area contributed by atoms with Gasteiger partial charge in [-0.15, -0.1) is 24.0 Å². The molecule has 0 aromatic heterocycles. The Morgan fingerprint density at radius 1 is 1.22 bits per heavy atom. The SMILES string of the molecule is CN=C(NCc1ccc(Br)cc1)N1CC2C3CCC(O3)C2C1.I.